The van der Waals surface area contributed by atoms with Crippen LogP contribution in [0.5, 0.6) is 0 Å². The highest BCUT2D eigenvalue weighted by atomic mass is 35.5. The predicted octanol–water partition coefficient (Wildman–Crippen LogP) is 1.96. The number of rotatable bonds is 3. The highest BCUT2D eigenvalue weighted by Gasteiger charge is 2.32. The van der Waals surface area contributed by atoms with Crippen molar-refractivity contribution < 1.29 is 18.0 Å². The van der Waals surface area contributed by atoms with Crippen LogP contribution in [-0.4, -0.2) is 67.5 Å². The first-order valence-corrected chi connectivity index (χ1v) is 7.46. The number of aromatic nitrogens is 1. The highest BCUT2D eigenvalue weighted by Crippen LogP contribution is 2.33. The molecule has 1 amide bonds. The number of piperazine rings is 1. The number of hydrogen-bond acceptors (Lipinski definition) is 4. The molecule has 23 heavy (non-hydrogen) atoms. The summed E-state index contributed by atoms with van der Waals surface area (Å²) in [6.45, 7) is 2.68. The second-order valence-electron chi connectivity index (χ2n) is 5.58. The standard InChI is InChI=1S/C14H18ClF3N4O/c1-20(2)12(23)9-21-3-5-22(6-4-21)13-11(15)7-10(8-19-13)14(16,17)18/h7-8H,3-6,9H2,1-2H3. The molecule has 1 aromatic heterocycles. The first-order valence-electron chi connectivity index (χ1n) is 7.08. The Labute approximate surface area is 137 Å². The fourth-order valence-electron chi connectivity index (χ4n) is 2.27. The minimum Gasteiger partial charge on any atom is -0.353 e. The number of pyridine rings is 1. The smallest absolute Gasteiger partial charge is 0.353 e. The minimum absolute atomic E-state index is 0.0161. The van der Waals surface area contributed by atoms with Crippen molar-refractivity contribution in [1.82, 2.24) is 14.8 Å². The van der Waals surface area contributed by atoms with Crippen LogP contribution in [-0.2, 0) is 11.0 Å². The summed E-state index contributed by atoms with van der Waals surface area (Å²) in [6, 6.07) is 0.895. The predicted molar refractivity (Wildman–Crippen MR) is 81.6 cm³/mol. The first kappa shape index (κ1) is 17.8. The van der Waals surface area contributed by atoms with Gasteiger partial charge in [-0.3, -0.25) is 9.69 Å². The molecule has 0 spiro atoms. The lowest BCUT2D eigenvalue weighted by Crippen LogP contribution is -2.49. The van der Waals surface area contributed by atoms with Crippen LogP contribution < -0.4 is 4.90 Å². The molecule has 0 atom stereocenters. The van der Waals surface area contributed by atoms with Crippen LogP contribution in [0.25, 0.3) is 0 Å². The molecule has 1 aliphatic heterocycles. The Morgan fingerprint density at radius 2 is 1.91 bits per heavy atom. The lowest BCUT2D eigenvalue weighted by atomic mass is 10.2. The van der Waals surface area contributed by atoms with E-state index in [0.29, 0.717) is 38.5 Å². The van der Waals surface area contributed by atoms with Crippen molar-refractivity contribution in [2.45, 2.75) is 6.18 Å². The Balaban J connectivity index is 1.99. The average molecular weight is 351 g/mol. The number of alkyl halides is 3. The second kappa shape index (κ2) is 6.92. The molecule has 0 radical (unpaired) electrons. The van der Waals surface area contributed by atoms with E-state index in [-0.39, 0.29) is 10.9 Å². The summed E-state index contributed by atoms with van der Waals surface area (Å²) in [7, 11) is 3.40. The van der Waals surface area contributed by atoms with E-state index in [4.69, 9.17) is 11.6 Å². The molecule has 0 bridgehead atoms. The Kier molecular flexibility index (Phi) is 5.36. The van der Waals surface area contributed by atoms with Crippen molar-refractivity contribution in [3.05, 3.63) is 22.8 Å². The van der Waals surface area contributed by atoms with Crippen molar-refractivity contribution in [2.75, 3.05) is 51.7 Å². The fraction of sp³-hybridized carbons (Fsp3) is 0.571. The maximum absolute atomic E-state index is 12.6. The number of amides is 1. The van der Waals surface area contributed by atoms with Crippen LogP contribution in [0.1, 0.15) is 5.56 Å². The van der Waals surface area contributed by atoms with Gasteiger partial charge in [0, 0.05) is 46.5 Å². The number of halogens is 4. The Morgan fingerprint density at radius 1 is 1.30 bits per heavy atom. The van der Waals surface area contributed by atoms with E-state index in [0.717, 1.165) is 12.3 Å². The molecule has 9 heteroatoms. The van der Waals surface area contributed by atoms with E-state index in [1.807, 2.05) is 9.80 Å². The van der Waals surface area contributed by atoms with Crippen molar-refractivity contribution in [3.8, 4) is 0 Å². The molecule has 128 valence electrons. The van der Waals surface area contributed by atoms with E-state index in [2.05, 4.69) is 4.98 Å². The molecule has 1 saturated heterocycles. The number of anilines is 1. The molecule has 0 aliphatic carbocycles. The quantitative estimate of drug-likeness (QED) is 0.835. The zero-order valence-electron chi connectivity index (χ0n) is 12.9. The molecule has 5 nitrogen and oxygen atoms in total. The third-order valence-corrected chi connectivity index (χ3v) is 3.96. The van der Waals surface area contributed by atoms with Crippen LogP contribution >= 0.6 is 11.6 Å². The summed E-state index contributed by atoms with van der Waals surface area (Å²) < 4.78 is 37.9. The van der Waals surface area contributed by atoms with Crippen LogP contribution in [0.3, 0.4) is 0 Å². The zero-order valence-corrected chi connectivity index (χ0v) is 13.7. The Bertz CT molecular complexity index is 572. The van der Waals surface area contributed by atoms with Gasteiger partial charge in [0.05, 0.1) is 17.1 Å². The van der Waals surface area contributed by atoms with Crippen molar-refractivity contribution in [2.24, 2.45) is 0 Å². The lowest BCUT2D eigenvalue weighted by molar-refractivity contribution is -0.137. The van der Waals surface area contributed by atoms with Gasteiger partial charge < -0.3 is 9.80 Å². The van der Waals surface area contributed by atoms with Crippen molar-refractivity contribution >= 4 is 23.3 Å². The van der Waals surface area contributed by atoms with Gasteiger partial charge in [0.15, 0.2) is 0 Å². The van der Waals surface area contributed by atoms with Crippen LogP contribution in [0.2, 0.25) is 5.02 Å². The largest absolute Gasteiger partial charge is 0.417 e. The maximum atomic E-state index is 12.6. The lowest BCUT2D eigenvalue weighted by Gasteiger charge is -2.35. The molecule has 0 aromatic carbocycles. The molecule has 2 rings (SSSR count). The minimum atomic E-state index is -4.46. The maximum Gasteiger partial charge on any atom is 0.417 e. The molecule has 1 fully saturated rings. The molecule has 0 saturated carbocycles. The van der Waals surface area contributed by atoms with E-state index in [1.54, 1.807) is 14.1 Å². The van der Waals surface area contributed by atoms with E-state index < -0.39 is 11.7 Å². The number of carbonyl (C=O) groups excluding carboxylic acids is 1. The summed E-state index contributed by atoms with van der Waals surface area (Å²) in [5.41, 5.74) is -0.860. The summed E-state index contributed by atoms with van der Waals surface area (Å²) >= 11 is 5.95. The highest BCUT2D eigenvalue weighted by molar-refractivity contribution is 6.33. The molecular weight excluding hydrogens is 333 g/mol. The number of hydrogen-bond donors (Lipinski definition) is 0. The first-order chi connectivity index (χ1) is 10.7. The third-order valence-electron chi connectivity index (χ3n) is 3.68. The summed E-state index contributed by atoms with van der Waals surface area (Å²) in [6.07, 6.45) is -3.66. The Hall–Kier alpha value is -1.54. The summed E-state index contributed by atoms with van der Waals surface area (Å²) in [5, 5.41) is -0.0161. The average Bonchev–Trinajstić information content (AvgIpc) is 2.47. The molecule has 1 aliphatic rings. The van der Waals surface area contributed by atoms with Crippen molar-refractivity contribution in [1.29, 1.82) is 0 Å². The van der Waals surface area contributed by atoms with Crippen LogP contribution in [0, 0.1) is 0 Å². The molecule has 0 unspecified atom stereocenters. The van der Waals surface area contributed by atoms with E-state index in [9.17, 15) is 18.0 Å². The van der Waals surface area contributed by atoms with Gasteiger partial charge in [0.25, 0.3) is 0 Å². The number of likely N-dealkylation sites (N-methyl/N-ethyl adjacent to an activating group) is 1. The van der Waals surface area contributed by atoms with Gasteiger partial charge in [0.2, 0.25) is 5.91 Å². The summed E-state index contributed by atoms with van der Waals surface area (Å²) in [5.74, 6) is 0.363. The normalized spacial score (nSPS) is 16.5. The van der Waals surface area contributed by atoms with Gasteiger partial charge in [-0.1, -0.05) is 11.6 Å². The SMILES string of the molecule is CN(C)C(=O)CN1CCN(c2ncc(C(F)(F)F)cc2Cl)CC1. The van der Waals surface area contributed by atoms with E-state index >= 15 is 0 Å². The van der Waals surface area contributed by atoms with Crippen LogP contribution in [0.15, 0.2) is 12.3 Å². The zero-order chi connectivity index (χ0) is 17.2. The third kappa shape index (κ3) is 4.48. The van der Waals surface area contributed by atoms with Gasteiger partial charge in [-0.15, -0.1) is 0 Å². The number of carbonyl (C=O) groups is 1. The van der Waals surface area contributed by atoms with Gasteiger partial charge in [-0.25, -0.2) is 4.98 Å². The molecule has 2 heterocycles. The molecular formula is C14H18ClF3N4O. The van der Waals surface area contributed by atoms with Gasteiger partial charge >= 0.3 is 6.18 Å². The summed E-state index contributed by atoms with van der Waals surface area (Å²) in [4.78, 5) is 20.9. The molecule has 1 aromatic rings. The molecule has 0 N–H and O–H groups in total. The van der Waals surface area contributed by atoms with Crippen molar-refractivity contribution in [3.63, 3.8) is 0 Å². The monoisotopic (exact) mass is 350 g/mol. The van der Waals surface area contributed by atoms with Crippen LogP contribution in [0.4, 0.5) is 19.0 Å². The van der Waals surface area contributed by atoms with E-state index in [1.165, 1.54) is 4.90 Å². The Morgan fingerprint density at radius 3 is 2.39 bits per heavy atom. The van der Waals surface area contributed by atoms with Gasteiger partial charge in [-0.2, -0.15) is 13.2 Å². The van der Waals surface area contributed by atoms with Gasteiger partial charge in [-0.05, 0) is 6.07 Å². The van der Waals surface area contributed by atoms with Gasteiger partial charge in [0.1, 0.15) is 5.82 Å². The number of nitrogens with zero attached hydrogens (tertiary/aromatic N) is 4. The fourth-order valence-corrected chi connectivity index (χ4v) is 2.55. The second-order valence-corrected chi connectivity index (χ2v) is 5.99. The topological polar surface area (TPSA) is 39.7 Å².